The zero-order valence-electron chi connectivity index (χ0n) is 14.7. The summed E-state index contributed by atoms with van der Waals surface area (Å²) >= 11 is 7.44. The van der Waals surface area contributed by atoms with E-state index in [9.17, 15) is 4.79 Å². The Morgan fingerprint density at radius 2 is 1.85 bits per heavy atom. The number of hydrogen-bond donors (Lipinski definition) is 0. The third-order valence-corrected chi connectivity index (χ3v) is 6.29. The van der Waals surface area contributed by atoms with Gasteiger partial charge in [-0.2, -0.15) is 0 Å². The summed E-state index contributed by atoms with van der Waals surface area (Å²) in [5, 5.41) is 7.09. The molecule has 4 rings (SSSR count). The van der Waals surface area contributed by atoms with E-state index in [1.165, 1.54) is 23.5 Å². The molecule has 138 valence electrons. The van der Waals surface area contributed by atoms with Gasteiger partial charge in [-0.05, 0) is 48.5 Å². The molecule has 0 bridgehead atoms. The molecule has 26 heavy (non-hydrogen) atoms. The van der Waals surface area contributed by atoms with E-state index in [4.69, 9.17) is 11.6 Å². The molecule has 2 aliphatic heterocycles. The highest BCUT2D eigenvalue weighted by molar-refractivity contribution is 7.03. The molecule has 7 heteroatoms. The molecule has 0 saturated carbocycles. The summed E-state index contributed by atoms with van der Waals surface area (Å²) in [7, 11) is 0. The largest absolute Gasteiger partial charge is 0.342 e. The first-order valence-electron chi connectivity index (χ1n) is 9.23. The minimum atomic E-state index is 0.261. The zero-order valence-corrected chi connectivity index (χ0v) is 16.3. The molecule has 2 aromatic rings. The van der Waals surface area contributed by atoms with Gasteiger partial charge < -0.3 is 4.90 Å². The Morgan fingerprint density at radius 3 is 2.54 bits per heavy atom. The van der Waals surface area contributed by atoms with Crippen LogP contribution < -0.4 is 0 Å². The average Bonchev–Trinajstić information content (AvgIpc) is 3.33. The van der Waals surface area contributed by atoms with E-state index in [0.717, 1.165) is 49.7 Å². The van der Waals surface area contributed by atoms with Crippen LogP contribution in [0.25, 0.3) is 0 Å². The predicted octanol–water partition coefficient (Wildman–Crippen LogP) is 3.39. The average molecular weight is 391 g/mol. The standard InChI is InChI=1S/C19H23ClN4OS/c20-15-6-4-14(5-7-15)16-10-23(11-17(16)18-13-26-22-21-18)12-19(25)24-8-2-1-3-9-24/h4-7,13,16-17H,1-3,8-12H2/t16-,17+/m1/s1. The molecule has 1 aromatic carbocycles. The van der Waals surface area contributed by atoms with Gasteiger partial charge >= 0.3 is 0 Å². The van der Waals surface area contributed by atoms with Crippen molar-refractivity contribution < 1.29 is 4.79 Å². The molecule has 2 fully saturated rings. The fraction of sp³-hybridized carbons (Fsp3) is 0.526. The van der Waals surface area contributed by atoms with Crippen molar-refractivity contribution in [2.45, 2.75) is 31.1 Å². The fourth-order valence-electron chi connectivity index (χ4n) is 4.13. The highest BCUT2D eigenvalue weighted by Crippen LogP contribution is 2.39. The molecule has 2 saturated heterocycles. The number of nitrogens with zero attached hydrogens (tertiary/aromatic N) is 4. The van der Waals surface area contributed by atoms with E-state index in [1.54, 1.807) is 0 Å². The second-order valence-electron chi connectivity index (χ2n) is 7.23. The van der Waals surface area contributed by atoms with Crippen LogP contribution in [0.1, 0.15) is 42.4 Å². The number of likely N-dealkylation sites (tertiary alicyclic amines) is 2. The molecule has 1 aromatic heterocycles. The molecule has 0 spiro atoms. The lowest BCUT2D eigenvalue weighted by atomic mass is 9.87. The number of carbonyl (C=O) groups is 1. The normalized spacial score (nSPS) is 24.1. The van der Waals surface area contributed by atoms with Gasteiger partial charge in [0.15, 0.2) is 0 Å². The number of amides is 1. The summed E-state index contributed by atoms with van der Waals surface area (Å²) in [6.07, 6.45) is 3.50. The highest BCUT2D eigenvalue weighted by Gasteiger charge is 2.37. The Kier molecular flexibility index (Phi) is 5.52. The lowest BCUT2D eigenvalue weighted by Gasteiger charge is -2.28. The smallest absolute Gasteiger partial charge is 0.236 e. The summed E-state index contributed by atoms with van der Waals surface area (Å²) < 4.78 is 4.05. The van der Waals surface area contributed by atoms with E-state index in [2.05, 4.69) is 26.6 Å². The monoisotopic (exact) mass is 390 g/mol. The van der Waals surface area contributed by atoms with Crippen LogP contribution >= 0.6 is 23.1 Å². The Hall–Kier alpha value is -1.50. The molecule has 1 amide bonds. The van der Waals surface area contributed by atoms with Crippen molar-refractivity contribution in [2.24, 2.45) is 0 Å². The lowest BCUT2D eigenvalue weighted by molar-refractivity contribution is -0.133. The number of rotatable bonds is 4. The molecule has 0 radical (unpaired) electrons. The van der Waals surface area contributed by atoms with Crippen LogP contribution in [0.4, 0.5) is 0 Å². The molecule has 3 heterocycles. The van der Waals surface area contributed by atoms with E-state index < -0.39 is 0 Å². The number of halogens is 1. The van der Waals surface area contributed by atoms with E-state index in [0.29, 0.717) is 12.5 Å². The number of carbonyl (C=O) groups excluding carboxylic acids is 1. The van der Waals surface area contributed by atoms with Crippen LogP contribution in [0.3, 0.4) is 0 Å². The van der Waals surface area contributed by atoms with Gasteiger partial charge in [0.05, 0.1) is 12.2 Å². The van der Waals surface area contributed by atoms with Gasteiger partial charge in [0.2, 0.25) is 5.91 Å². The molecule has 0 unspecified atom stereocenters. The summed E-state index contributed by atoms with van der Waals surface area (Å²) in [6.45, 7) is 4.03. The van der Waals surface area contributed by atoms with Crippen molar-refractivity contribution in [1.82, 2.24) is 19.4 Å². The van der Waals surface area contributed by atoms with Crippen molar-refractivity contribution in [1.29, 1.82) is 0 Å². The minimum absolute atomic E-state index is 0.261. The van der Waals surface area contributed by atoms with Gasteiger partial charge in [-0.1, -0.05) is 28.2 Å². The third kappa shape index (κ3) is 3.92. The number of hydrogen-bond acceptors (Lipinski definition) is 5. The predicted molar refractivity (Wildman–Crippen MR) is 104 cm³/mol. The van der Waals surface area contributed by atoms with Gasteiger partial charge in [-0.25, -0.2) is 0 Å². The second-order valence-corrected chi connectivity index (χ2v) is 8.28. The maximum atomic E-state index is 12.7. The molecule has 2 atom stereocenters. The summed E-state index contributed by atoms with van der Waals surface area (Å²) in [5.41, 5.74) is 2.28. The van der Waals surface area contributed by atoms with Gasteiger partial charge in [0, 0.05) is 48.4 Å². The number of benzene rings is 1. The SMILES string of the molecule is O=C(CN1C[C@H](c2ccc(Cl)cc2)[C@@H](c2csnn2)C1)N1CCCCC1. The van der Waals surface area contributed by atoms with Gasteiger partial charge in [-0.15, -0.1) is 5.10 Å². The molecular formula is C19H23ClN4OS. The van der Waals surface area contributed by atoms with Crippen molar-refractivity contribution >= 4 is 29.0 Å². The maximum absolute atomic E-state index is 12.7. The Bertz CT molecular complexity index is 731. The fourth-order valence-corrected chi connectivity index (χ4v) is 4.77. The molecule has 5 nitrogen and oxygen atoms in total. The first-order chi connectivity index (χ1) is 12.7. The van der Waals surface area contributed by atoms with Gasteiger partial charge in [-0.3, -0.25) is 9.69 Å². The maximum Gasteiger partial charge on any atom is 0.236 e. The first kappa shape index (κ1) is 17.9. The van der Waals surface area contributed by atoms with Crippen LogP contribution in [0, 0.1) is 0 Å². The Morgan fingerprint density at radius 1 is 1.12 bits per heavy atom. The van der Waals surface area contributed by atoms with Crippen LogP contribution in [-0.2, 0) is 4.79 Å². The van der Waals surface area contributed by atoms with E-state index in [-0.39, 0.29) is 11.8 Å². The van der Waals surface area contributed by atoms with Crippen LogP contribution in [-0.4, -0.2) is 58.0 Å². The van der Waals surface area contributed by atoms with Crippen molar-refractivity contribution in [3.63, 3.8) is 0 Å². The second kappa shape index (κ2) is 8.03. The number of piperidine rings is 1. The van der Waals surface area contributed by atoms with Gasteiger partial charge in [0.1, 0.15) is 0 Å². The van der Waals surface area contributed by atoms with Crippen LogP contribution in [0.2, 0.25) is 5.02 Å². The summed E-state index contributed by atoms with van der Waals surface area (Å²) in [6, 6.07) is 8.06. The van der Waals surface area contributed by atoms with E-state index in [1.807, 2.05) is 22.4 Å². The zero-order chi connectivity index (χ0) is 17.9. The van der Waals surface area contributed by atoms with Crippen LogP contribution in [0.5, 0.6) is 0 Å². The number of aromatic nitrogens is 2. The van der Waals surface area contributed by atoms with Crippen molar-refractivity contribution in [3.8, 4) is 0 Å². The molecule has 0 aliphatic carbocycles. The van der Waals surface area contributed by atoms with Gasteiger partial charge in [0.25, 0.3) is 0 Å². The Balaban J connectivity index is 1.49. The lowest BCUT2D eigenvalue weighted by Crippen LogP contribution is -2.42. The topological polar surface area (TPSA) is 49.3 Å². The summed E-state index contributed by atoms with van der Waals surface area (Å²) in [4.78, 5) is 17.0. The summed E-state index contributed by atoms with van der Waals surface area (Å²) in [5.74, 6) is 0.839. The Labute approximate surface area is 163 Å². The first-order valence-corrected chi connectivity index (χ1v) is 10.4. The minimum Gasteiger partial charge on any atom is -0.342 e. The van der Waals surface area contributed by atoms with Crippen LogP contribution in [0.15, 0.2) is 29.6 Å². The van der Waals surface area contributed by atoms with Crippen molar-refractivity contribution in [2.75, 3.05) is 32.7 Å². The van der Waals surface area contributed by atoms with Crippen molar-refractivity contribution in [3.05, 3.63) is 45.9 Å². The molecule has 2 aliphatic rings. The highest BCUT2D eigenvalue weighted by atomic mass is 35.5. The molecular weight excluding hydrogens is 368 g/mol. The molecule has 0 N–H and O–H groups in total. The van der Waals surface area contributed by atoms with E-state index >= 15 is 0 Å². The quantitative estimate of drug-likeness (QED) is 0.802. The third-order valence-electron chi connectivity index (χ3n) is 5.52.